The van der Waals surface area contributed by atoms with Crippen LogP contribution in [0.1, 0.15) is 10.4 Å². The van der Waals surface area contributed by atoms with E-state index >= 15 is 0 Å². The molecule has 0 unspecified atom stereocenters. The normalized spacial score (nSPS) is 12.1. The third-order valence-corrected chi connectivity index (χ3v) is 3.88. The number of hydrogen-bond acceptors (Lipinski definition) is 3. The SMILES string of the molecule is CP(C)(=O)c1ccc(NC(=O)C(F)(F)F)c(C(=O)O)c1. The number of amides is 1. The first kappa shape index (κ1) is 16.2. The van der Waals surface area contributed by atoms with Crippen LogP contribution in [0.15, 0.2) is 18.2 Å². The largest absolute Gasteiger partial charge is 0.478 e. The van der Waals surface area contributed by atoms with Crippen molar-refractivity contribution in [1.82, 2.24) is 0 Å². The maximum atomic E-state index is 12.1. The van der Waals surface area contributed by atoms with Crippen molar-refractivity contribution in [3.63, 3.8) is 0 Å². The number of carboxylic acid groups (broad SMARTS) is 1. The second kappa shape index (κ2) is 5.28. The van der Waals surface area contributed by atoms with Crippen molar-refractivity contribution in [2.24, 2.45) is 0 Å². The molecule has 110 valence electrons. The molecule has 0 aliphatic carbocycles. The lowest BCUT2D eigenvalue weighted by Crippen LogP contribution is -2.30. The molecule has 0 radical (unpaired) electrons. The van der Waals surface area contributed by atoms with Gasteiger partial charge in [0, 0.05) is 5.30 Å². The number of aromatic carboxylic acids is 1. The van der Waals surface area contributed by atoms with Crippen LogP contribution in [0.5, 0.6) is 0 Å². The van der Waals surface area contributed by atoms with E-state index in [1.165, 1.54) is 24.7 Å². The summed E-state index contributed by atoms with van der Waals surface area (Å²) in [6, 6.07) is 3.20. The highest BCUT2D eigenvalue weighted by molar-refractivity contribution is 7.70. The summed E-state index contributed by atoms with van der Waals surface area (Å²) in [5, 5.41) is 10.6. The van der Waals surface area contributed by atoms with Crippen molar-refractivity contribution >= 4 is 30.0 Å². The Kier molecular flexibility index (Phi) is 4.29. The molecule has 0 atom stereocenters. The van der Waals surface area contributed by atoms with Gasteiger partial charge in [-0.15, -0.1) is 0 Å². The van der Waals surface area contributed by atoms with Gasteiger partial charge in [-0.1, -0.05) is 0 Å². The lowest BCUT2D eigenvalue weighted by atomic mass is 10.2. The van der Waals surface area contributed by atoms with E-state index in [-0.39, 0.29) is 5.30 Å². The van der Waals surface area contributed by atoms with Crippen molar-refractivity contribution in [2.45, 2.75) is 6.18 Å². The quantitative estimate of drug-likeness (QED) is 0.838. The minimum Gasteiger partial charge on any atom is -0.478 e. The number of rotatable bonds is 3. The number of alkyl halides is 3. The molecule has 0 fully saturated rings. The molecule has 0 spiro atoms. The summed E-state index contributed by atoms with van der Waals surface area (Å²) in [4.78, 5) is 21.8. The number of anilines is 1. The van der Waals surface area contributed by atoms with E-state index in [1.54, 1.807) is 0 Å². The molecule has 2 N–H and O–H groups in total. The van der Waals surface area contributed by atoms with Gasteiger partial charge in [-0.25, -0.2) is 4.79 Å². The molecule has 0 saturated heterocycles. The Balaban J connectivity index is 3.25. The average molecular weight is 309 g/mol. The third-order valence-electron chi connectivity index (χ3n) is 2.36. The first-order valence-corrected chi connectivity index (χ1v) is 7.84. The molecule has 0 aromatic heterocycles. The van der Waals surface area contributed by atoms with Gasteiger partial charge in [0.05, 0.1) is 11.3 Å². The van der Waals surface area contributed by atoms with Gasteiger partial charge in [-0.05, 0) is 31.5 Å². The molecule has 0 saturated carbocycles. The van der Waals surface area contributed by atoms with Crippen molar-refractivity contribution in [3.05, 3.63) is 23.8 Å². The van der Waals surface area contributed by atoms with Crippen molar-refractivity contribution in [2.75, 3.05) is 18.6 Å². The first-order chi connectivity index (χ1) is 8.93. The predicted octanol–water partition coefficient (Wildman–Crippen LogP) is 2.13. The predicted molar refractivity (Wildman–Crippen MR) is 67.2 cm³/mol. The Bertz CT molecular complexity index is 606. The molecule has 5 nitrogen and oxygen atoms in total. The van der Waals surface area contributed by atoms with Gasteiger partial charge in [0.15, 0.2) is 0 Å². The van der Waals surface area contributed by atoms with Crippen LogP contribution in [-0.2, 0) is 9.36 Å². The number of halogens is 3. The maximum Gasteiger partial charge on any atom is 0.471 e. The van der Waals surface area contributed by atoms with Crippen LogP contribution in [0.4, 0.5) is 18.9 Å². The molecule has 1 rings (SSSR count). The zero-order valence-electron chi connectivity index (χ0n) is 10.5. The summed E-state index contributed by atoms with van der Waals surface area (Å²) in [7, 11) is -2.77. The summed E-state index contributed by atoms with van der Waals surface area (Å²) in [5.41, 5.74) is -1.05. The van der Waals surface area contributed by atoms with Crippen LogP contribution in [0.3, 0.4) is 0 Å². The number of carbonyl (C=O) groups is 2. The summed E-state index contributed by atoms with van der Waals surface area (Å²) in [6.45, 7) is 2.78. The second-order valence-corrected chi connectivity index (χ2v) is 7.56. The van der Waals surface area contributed by atoms with E-state index in [9.17, 15) is 27.3 Å². The summed E-state index contributed by atoms with van der Waals surface area (Å²) in [6.07, 6.45) is -5.13. The van der Waals surface area contributed by atoms with Crippen LogP contribution >= 0.6 is 7.14 Å². The van der Waals surface area contributed by atoms with Crippen LogP contribution in [0.2, 0.25) is 0 Å². The minimum atomic E-state index is -5.13. The number of carboxylic acids is 1. The zero-order valence-corrected chi connectivity index (χ0v) is 11.4. The summed E-state index contributed by atoms with van der Waals surface area (Å²) < 4.78 is 48.2. The average Bonchev–Trinajstić information content (AvgIpc) is 2.26. The highest BCUT2D eigenvalue weighted by Crippen LogP contribution is 2.35. The van der Waals surface area contributed by atoms with Crippen molar-refractivity contribution in [1.29, 1.82) is 0 Å². The van der Waals surface area contributed by atoms with Gasteiger partial charge in [0.2, 0.25) is 0 Å². The van der Waals surface area contributed by atoms with Gasteiger partial charge in [0.25, 0.3) is 0 Å². The van der Waals surface area contributed by atoms with E-state index in [0.29, 0.717) is 0 Å². The number of benzene rings is 1. The van der Waals surface area contributed by atoms with Gasteiger partial charge < -0.3 is 15.0 Å². The number of nitrogens with one attached hydrogen (secondary N) is 1. The number of hydrogen-bond donors (Lipinski definition) is 2. The Labute approximate surface area is 112 Å². The zero-order chi connectivity index (χ0) is 15.7. The van der Waals surface area contributed by atoms with Crippen molar-refractivity contribution in [3.8, 4) is 0 Å². The molecular formula is C11H11F3NO4P. The Morgan fingerprint density at radius 1 is 1.25 bits per heavy atom. The monoisotopic (exact) mass is 309 g/mol. The van der Waals surface area contributed by atoms with E-state index in [0.717, 1.165) is 12.1 Å². The fourth-order valence-electron chi connectivity index (χ4n) is 1.35. The van der Waals surface area contributed by atoms with Crippen LogP contribution in [0.25, 0.3) is 0 Å². The summed E-state index contributed by atoms with van der Waals surface area (Å²) in [5.74, 6) is -3.80. The van der Waals surface area contributed by atoms with E-state index < -0.39 is 36.4 Å². The molecule has 0 bridgehead atoms. The first-order valence-electron chi connectivity index (χ1n) is 5.24. The smallest absolute Gasteiger partial charge is 0.471 e. The highest BCUT2D eigenvalue weighted by Gasteiger charge is 2.39. The second-order valence-electron chi connectivity index (χ2n) is 4.34. The van der Waals surface area contributed by atoms with Crippen LogP contribution < -0.4 is 10.6 Å². The van der Waals surface area contributed by atoms with Crippen LogP contribution in [-0.4, -0.2) is 36.5 Å². The fraction of sp³-hybridized carbons (Fsp3) is 0.273. The van der Waals surface area contributed by atoms with Gasteiger partial charge in [-0.2, -0.15) is 13.2 Å². The van der Waals surface area contributed by atoms with Gasteiger partial charge in [-0.3, -0.25) is 4.79 Å². The highest BCUT2D eigenvalue weighted by atomic mass is 31.2. The molecule has 0 heterocycles. The van der Waals surface area contributed by atoms with E-state index in [1.807, 2.05) is 0 Å². The topological polar surface area (TPSA) is 83.5 Å². The molecule has 1 aromatic rings. The molecule has 0 aliphatic rings. The van der Waals surface area contributed by atoms with E-state index in [2.05, 4.69) is 0 Å². The molecule has 0 aliphatic heterocycles. The third kappa shape index (κ3) is 3.84. The Morgan fingerprint density at radius 3 is 2.20 bits per heavy atom. The lowest BCUT2D eigenvalue weighted by Gasteiger charge is -2.13. The van der Waals surface area contributed by atoms with Gasteiger partial charge >= 0.3 is 18.1 Å². The Morgan fingerprint density at radius 2 is 1.80 bits per heavy atom. The van der Waals surface area contributed by atoms with Crippen molar-refractivity contribution < 1.29 is 32.4 Å². The molecule has 20 heavy (non-hydrogen) atoms. The number of carbonyl (C=O) groups excluding carboxylic acids is 1. The van der Waals surface area contributed by atoms with E-state index in [4.69, 9.17) is 5.11 Å². The maximum absolute atomic E-state index is 12.1. The van der Waals surface area contributed by atoms with Crippen LogP contribution in [0, 0.1) is 0 Å². The Hall–Kier alpha value is -1.82. The summed E-state index contributed by atoms with van der Waals surface area (Å²) >= 11 is 0. The molecule has 9 heteroatoms. The fourth-order valence-corrected chi connectivity index (χ4v) is 2.22. The van der Waals surface area contributed by atoms with Gasteiger partial charge in [0.1, 0.15) is 7.14 Å². The molecule has 1 aromatic carbocycles. The lowest BCUT2D eigenvalue weighted by molar-refractivity contribution is -0.167. The molecular weight excluding hydrogens is 298 g/mol. The standard InChI is InChI=1S/C11H11F3NO4P/c1-20(2,19)6-3-4-8(7(5-6)9(16)17)15-10(18)11(12,13)14/h3-5H,1-2H3,(H,15,18)(H,16,17). The molecule has 1 amide bonds. The minimum absolute atomic E-state index is 0.194.